The number of aromatic amines is 2. The van der Waals surface area contributed by atoms with Gasteiger partial charge in [-0.1, -0.05) is 0 Å². The zero-order valence-corrected chi connectivity index (χ0v) is 23.5. The number of imidazole rings is 2. The molecule has 0 amide bonds. The Morgan fingerprint density at radius 1 is 1.00 bits per heavy atom. The van der Waals surface area contributed by atoms with Crippen molar-refractivity contribution < 1.29 is 33.6 Å². The Kier molecular flexibility index (Phi) is 7.31. The van der Waals surface area contributed by atoms with Gasteiger partial charge in [0.05, 0.1) is 0 Å². The molecule has 4 aromatic heterocycles. The number of H-pyrrole nitrogens is 2. The van der Waals surface area contributed by atoms with Crippen molar-refractivity contribution in [1.82, 2.24) is 39.0 Å². The molecule has 0 spiro atoms. The van der Waals surface area contributed by atoms with Gasteiger partial charge in [-0.25, -0.2) is 0 Å². The van der Waals surface area contributed by atoms with Crippen molar-refractivity contribution >= 4 is 55.5 Å². The average molecular weight is 659 g/mol. The molecule has 6 heterocycles. The van der Waals surface area contributed by atoms with Crippen LogP contribution >= 0.6 is 6.19 Å². The van der Waals surface area contributed by atoms with Gasteiger partial charge in [0.25, 0.3) is 0 Å². The Balaban J connectivity index is 1.11. The number of nitrogens with one attached hydrogen (secondary N) is 2. The number of ether oxygens (including phenoxy) is 2. The number of nitrogens with zero attached hydrogens (tertiary/aromatic N) is 6. The van der Waals surface area contributed by atoms with Gasteiger partial charge in [-0.15, -0.1) is 0 Å². The molecule has 2 fully saturated rings. The number of aromatic nitrogens is 8. The number of nitrogens with two attached hydrogens (primary N) is 2. The van der Waals surface area contributed by atoms with Crippen LogP contribution in [0.4, 0.5) is 11.9 Å². The normalized spacial score (nSPS) is 28.1. The summed E-state index contributed by atoms with van der Waals surface area (Å²) in [5, 5.41) is 20.5. The zero-order valence-electron chi connectivity index (χ0n) is 20.9. The fraction of sp³-hybridized carbons (Fsp3) is 0.500. The van der Waals surface area contributed by atoms with Gasteiger partial charge in [-0.2, -0.15) is 0 Å². The Bertz CT molecular complexity index is 1770. The number of fused-ring (bicyclic) bond motifs is 2. The first-order valence-corrected chi connectivity index (χ1v) is 16.0. The van der Waals surface area contributed by atoms with Gasteiger partial charge in [0.1, 0.15) is 0 Å². The molecule has 0 radical (unpaired) electrons. The van der Waals surface area contributed by atoms with E-state index in [4.69, 9.17) is 30.0 Å². The number of hydrogen-bond acceptors (Lipinski definition) is 15. The summed E-state index contributed by atoms with van der Waals surface area (Å²) in [6, 6.07) is 0. The predicted molar refractivity (Wildman–Crippen MR) is 141 cm³/mol. The average Bonchev–Trinajstić information content (AvgIpc) is 3.67. The second-order valence-corrected chi connectivity index (χ2v) is 13.7. The van der Waals surface area contributed by atoms with Crippen molar-refractivity contribution in [3.05, 3.63) is 33.4 Å². The summed E-state index contributed by atoms with van der Waals surface area (Å²) in [7, 11) is 0. The molecule has 0 aliphatic carbocycles. The van der Waals surface area contributed by atoms with Crippen LogP contribution in [-0.2, 0) is 18.5 Å². The number of aliphatic hydroxyl groups is 2. The summed E-state index contributed by atoms with van der Waals surface area (Å²) in [4.78, 5) is 56.2. The predicted octanol–water partition coefficient (Wildman–Crippen LogP) is -2.41. The molecule has 9 N–H and O–H groups in total. The van der Waals surface area contributed by atoms with Gasteiger partial charge in [-0.05, 0) is 0 Å². The molecular weight excluding hydrogens is 634 g/mol. The molecule has 0 bridgehead atoms. The first-order valence-electron chi connectivity index (χ1n) is 12.2. The van der Waals surface area contributed by atoms with Crippen molar-refractivity contribution in [3.8, 4) is 0 Å². The Morgan fingerprint density at radius 3 is 2.10 bits per heavy atom. The summed E-state index contributed by atoms with van der Waals surface area (Å²) in [6.07, 6.45) is -5.63. The van der Waals surface area contributed by atoms with Crippen LogP contribution in [0.15, 0.2) is 22.2 Å². The third-order valence-electron chi connectivity index (χ3n) is 6.76. The summed E-state index contributed by atoms with van der Waals surface area (Å²) < 4.78 is 26.2. The van der Waals surface area contributed by atoms with E-state index in [1.807, 2.05) is 0 Å². The molecule has 21 heteroatoms. The van der Waals surface area contributed by atoms with E-state index in [0.29, 0.717) is 0 Å². The van der Waals surface area contributed by atoms with Crippen LogP contribution < -0.4 is 22.6 Å². The van der Waals surface area contributed by atoms with Gasteiger partial charge in [0, 0.05) is 0 Å². The van der Waals surface area contributed by atoms with Crippen LogP contribution in [-0.4, -0.2) is 107 Å². The van der Waals surface area contributed by atoms with Gasteiger partial charge < -0.3 is 0 Å². The van der Waals surface area contributed by atoms with Crippen molar-refractivity contribution in [1.29, 1.82) is 0 Å². The van der Waals surface area contributed by atoms with Gasteiger partial charge in [0.15, 0.2) is 0 Å². The minimum absolute atomic E-state index is 0.0621. The standard InChI is InChI=1S/C20H25N10O9PSe/c21-19-25-15-13(17(33)27-19)23-5-29(15)11-1-7(32)10(38-11)4-36-40(35,41)39-8-2-12(37-9(8)3-31)30-6-24-14-16(30)26-20(22)28-18(14)34/h5-12,31-32H,1-4H2,(H,35,41)(H3,21,25,27,33)(H3,22,26,28,34)/t7-,8-,9+,10+,11+,12+,40?/m0/s1. The third-order valence-corrected chi connectivity index (χ3v) is 8.97. The van der Waals surface area contributed by atoms with Crippen LogP contribution in [0.3, 0.4) is 0 Å². The molecule has 0 saturated carbocycles. The summed E-state index contributed by atoms with van der Waals surface area (Å²) in [5.74, 6) is -0.190. The molecule has 220 valence electrons. The van der Waals surface area contributed by atoms with E-state index >= 15 is 0 Å². The van der Waals surface area contributed by atoms with Gasteiger partial charge in [-0.3, -0.25) is 0 Å². The number of anilines is 2. The number of nitrogen functional groups attached to an aromatic ring is 2. The number of rotatable bonds is 8. The topological polar surface area (TPSA) is 277 Å². The zero-order chi connectivity index (χ0) is 29.1. The molecule has 2 aliphatic heterocycles. The fourth-order valence-corrected chi connectivity index (χ4v) is 6.90. The van der Waals surface area contributed by atoms with Gasteiger partial charge in [0.2, 0.25) is 0 Å². The van der Waals surface area contributed by atoms with E-state index in [1.165, 1.54) is 21.8 Å². The first kappa shape index (κ1) is 28.1. The Morgan fingerprint density at radius 2 is 1.54 bits per heavy atom. The molecule has 2 saturated heterocycles. The molecule has 41 heavy (non-hydrogen) atoms. The van der Waals surface area contributed by atoms with E-state index < -0.39 is 60.8 Å². The van der Waals surface area contributed by atoms with Crippen molar-refractivity contribution in [2.24, 2.45) is 0 Å². The molecular formula is C20H25N10O9PSe. The maximum atomic E-state index is 12.1. The minimum atomic E-state index is -3.64. The second kappa shape index (κ2) is 10.7. The molecule has 19 nitrogen and oxygen atoms in total. The van der Waals surface area contributed by atoms with E-state index in [9.17, 15) is 24.7 Å². The van der Waals surface area contributed by atoms with Crippen molar-refractivity contribution in [3.63, 3.8) is 0 Å². The van der Waals surface area contributed by atoms with Crippen LogP contribution in [0, 0.1) is 0 Å². The molecule has 1 unspecified atom stereocenters. The van der Waals surface area contributed by atoms with E-state index in [2.05, 4.69) is 45.0 Å². The van der Waals surface area contributed by atoms with Crippen LogP contribution in [0.25, 0.3) is 22.3 Å². The summed E-state index contributed by atoms with van der Waals surface area (Å²) in [5.41, 5.74) is 10.8. The number of aliphatic hydroxyl groups excluding tert-OH is 2. The molecule has 4 aromatic rings. The maximum absolute atomic E-state index is 12.1. The third kappa shape index (κ3) is 5.34. The summed E-state index contributed by atoms with van der Waals surface area (Å²) >= 11 is 2.51. The Labute approximate surface area is 235 Å². The van der Waals surface area contributed by atoms with Crippen molar-refractivity contribution in [2.75, 3.05) is 24.7 Å². The molecule has 2 aliphatic rings. The van der Waals surface area contributed by atoms with E-state index in [1.54, 1.807) is 0 Å². The van der Waals surface area contributed by atoms with E-state index in [0.717, 1.165) is 0 Å². The summed E-state index contributed by atoms with van der Waals surface area (Å²) in [6.45, 7) is -0.688. The number of hydrogen-bond donors (Lipinski definition) is 7. The molecule has 0 aromatic carbocycles. The van der Waals surface area contributed by atoms with Gasteiger partial charge >= 0.3 is 236 Å². The quantitative estimate of drug-likeness (QED) is 0.0766. The SMILES string of the molecule is Nc1nc2c(ncn2[C@H]2C[C@H](OP(O)(=[Se])OC[C@H]3O[C@@H](n4cnc5c(=O)[nH]c(N)nc54)C[C@@H]3O)[C@@H](CO)O2)c(=O)[nH]1. The fourth-order valence-electron chi connectivity index (χ4n) is 4.86. The molecule has 6 rings (SSSR count). The first-order chi connectivity index (χ1) is 19.5. The molecule has 7 atom stereocenters. The van der Waals surface area contributed by atoms with Crippen molar-refractivity contribution in [2.45, 2.75) is 49.7 Å². The van der Waals surface area contributed by atoms with Crippen LogP contribution in [0.5, 0.6) is 0 Å². The van der Waals surface area contributed by atoms with E-state index in [-0.39, 0.29) is 53.7 Å². The Hall–Kier alpha value is -3.03. The van der Waals surface area contributed by atoms with Crippen LogP contribution in [0.1, 0.15) is 25.3 Å². The monoisotopic (exact) mass is 660 g/mol. The van der Waals surface area contributed by atoms with Crippen LogP contribution in [0.2, 0.25) is 0 Å². The second-order valence-electron chi connectivity index (χ2n) is 9.44.